The number of aliphatic imine (C=N–C) groups is 1. The predicted octanol–water partition coefficient (Wildman–Crippen LogP) is 3.73. The number of aromatic nitrogens is 1. The molecule has 2 rings (SSSR count). The number of aryl methyl sites for hydroxylation is 2. The number of aliphatic hydroxyl groups excluding tert-OH is 1. The van der Waals surface area contributed by atoms with Crippen LogP contribution in [-0.4, -0.2) is 42.5 Å². The van der Waals surface area contributed by atoms with Gasteiger partial charge in [0.1, 0.15) is 5.76 Å². The first-order chi connectivity index (χ1) is 12.6. The lowest BCUT2D eigenvalue weighted by Gasteiger charge is -2.35. The van der Waals surface area contributed by atoms with Crippen LogP contribution in [0.15, 0.2) is 9.52 Å². The van der Waals surface area contributed by atoms with Gasteiger partial charge >= 0.3 is 0 Å². The molecular weight excluding hydrogens is 455 g/mol. The van der Waals surface area contributed by atoms with Crippen molar-refractivity contribution >= 4 is 29.9 Å². The van der Waals surface area contributed by atoms with Gasteiger partial charge < -0.3 is 20.3 Å². The minimum atomic E-state index is 0. The Morgan fingerprint density at radius 2 is 1.96 bits per heavy atom. The second-order valence-electron chi connectivity index (χ2n) is 7.56. The normalized spacial score (nSPS) is 16.7. The van der Waals surface area contributed by atoms with Gasteiger partial charge in [0.2, 0.25) is 0 Å². The lowest BCUT2D eigenvalue weighted by molar-refractivity contribution is 0.137. The van der Waals surface area contributed by atoms with Crippen molar-refractivity contribution in [2.24, 2.45) is 10.4 Å². The molecule has 1 heterocycles. The van der Waals surface area contributed by atoms with Crippen LogP contribution in [0.1, 0.15) is 68.9 Å². The van der Waals surface area contributed by atoms with Crippen molar-refractivity contribution in [2.45, 2.75) is 72.1 Å². The van der Waals surface area contributed by atoms with E-state index >= 15 is 0 Å². The summed E-state index contributed by atoms with van der Waals surface area (Å²) in [4.78, 5) is 4.85. The molecule has 156 valence electrons. The van der Waals surface area contributed by atoms with Crippen LogP contribution in [0, 0.1) is 19.3 Å². The van der Waals surface area contributed by atoms with Crippen LogP contribution in [0.5, 0.6) is 0 Å². The molecule has 0 aromatic carbocycles. The second-order valence-corrected chi connectivity index (χ2v) is 7.56. The van der Waals surface area contributed by atoms with Gasteiger partial charge in [0.25, 0.3) is 0 Å². The molecule has 0 radical (unpaired) electrons. The topological polar surface area (TPSA) is 82.7 Å². The summed E-state index contributed by atoms with van der Waals surface area (Å²) < 4.78 is 5.22. The monoisotopic (exact) mass is 492 g/mol. The number of hydrogen-bond acceptors (Lipinski definition) is 4. The summed E-state index contributed by atoms with van der Waals surface area (Å²) in [6.45, 7) is 8.83. The van der Waals surface area contributed by atoms with E-state index in [0.29, 0.717) is 0 Å². The van der Waals surface area contributed by atoms with Gasteiger partial charge in [-0.3, -0.25) is 4.99 Å². The van der Waals surface area contributed by atoms with Crippen molar-refractivity contribution in [2.75, 3.05) is 26.2 Å². The molecule has 1 fully saturated rings. The maximum Gasteiger partial charge on any atom is 0.191 e. The lowest BCUT2D eigenvalue weighted by Crippen LogP contribution is -2.39. The fraction of sp³-hybridized carbons (Fsp3) is 0.800. The number of halogens is 1. The molecule has 1 saturated carbocycles. The molecule has 0 aliphatic heterocycles. The molecule has 1 aliphatic carbocycles. The SMILES string of the molecule is CCNC(=NCC1(CCO)CCCCC1)NCCCc1c(C)noc1C.I. The number of aliphatic hydroxyl groups is 1. The molecule has 0 unspecified atom stereocenters. The van der Waals surface area contributed by atoms with Gasteiger partial charge in [-0.1, -0.05) is 24.4 Å². The fourth-order valence-corrected chi connectivity index (χ4v) is 3.95. The summed E-state index contributed by atoms with van der Waals surface area (Å²) in [5, 5.41) is 20.3. The van der Waals surface area contributed by atoms with Gasteiger partial charge in [0.05, 0.1) is 5.69 Å². The van der Waals surface area contributed by atoms with E-state index in [1.807, 2.05) is 13.8 Å². The smallest absolute Gasteiger partial charge is 0.191 e. The summed E-state index contributed by atoms with van der Waals surface area (Å²) in [7, 11) is 0. The average molecular weight is 492 g/mol. The largest absolute Gasteiger partial charge is 0.396 e. The third kappa shape index (κ3) is 7.60. The Morgan fingerprint density at radius 1 is 1.22 bits per heavy atom. The second kappa shape index (κ2) is 12.6. The number of nitrogens with zero attached hydrogens (tertiary/aromatic N) is 2. The quantitative estimate of drug-likeness (QED) is 0.212. The Morgan fingerprint density at radius 3 is 2.56 bits per heavy atom. The molecule has 0 atom stereocenters. The predicted molar refractivity (Wildman–Crippen MR) is 121 cm³/mol. The summed E-state index contributed by atoms with van der Waals surface area (Å²) in [6.07, 6.45) is 9.04. The van der Waals surface area contributed by atoms with Crippen LogP contribution < -0.4 is 10.6 Å². The first-order valence-corrected chi connectivity index (χ1v) is 10.1. The highest BCUT2D eigenvalue weighted by molar-refractivity contribution is 14.0. The fourth-order valence-electron chi connectivity index (χ4n) is 3.95. The van der Waals surface area contributed by atoms with Crippen molar-refractivity contribution in [3.8, 4) is 0 Å². The molecule has 6 nitrogen and oxygen atoms in total. The van der Waals surface area contributed by atoms with Crippen molar-refractivity contribution in [3.05, 3.63) is 17.0 Å². The van der Waals surface area contributed by atoms with E-state index < -0.39 is 0 Å². The molecule has 7 heteroatoms. The number of hydrogen-bond donors (Lipinski definition) is 3. The van der Waals surface area contributed by atoms with Crippen molar-refractivity contribution in [3.63, 3.8) is 0 Å². The zero-order valence-electron chi connectivity index (χ0n) is 17.1. The Balaban J connectivity index is 0.00000364. The summed E-state index contributed by atoms with van der Waals surface area (Å²) >= 11 is 0. The van der Waals surface area contributed by atoms with Gasteiger partial charge in [0, 0.05) is 31.8 Å². The van der Waals surface area contributed by atoms with Crippen LogP contribution in [0.25, 0.3) is 0 Å². The first kappa shape index (κ1) is 24.2. The molecule has 27 heavy (non-hydrogen) atoms. The van der Waals surface area contributed by atoms with E-state index in [1.165, 1.54) is 37.7 Å². The third-order valence-electron chi connectivity index (χ3n) is 5.55. The van der Waals surface area contributed by atoms with Crippen molar-refractivity contribution in [1.82, 2.24) is 15.8 Å². The number of rotatable bonds is 9. The summed E-state index contributed by atoms with van der Waals surface area (Å²) in [6, 6.07) is 0. The number of nitrogens with one attached hydrogen (secondary N) is 2. The number of guanidine groups is 1. The van der Waals surface area contributed by atoms with E-state index in [9.17, 15) is 5.11 Å². The minimum Gasteiger partial charge on any atom is -0.396 e. The molecule has 0 saturated heterocycles. The Hall–Kier alpha value is -0.830. The molecular formula is C20H37IN4O2. The van der Waals surface area contributed by atoms with Crippen molar-refractivity contribution in [1.29, 1.82) is 0 Å². The standard InChI is InChI=1S/C20H36N4O2.HI/c1-4-21-19(22-13-8-9-18-16(2)24-26-17(18)3)23-15-20(12-14-25)10-6-5-7-11-20;/h25H,4-15H2,1-3H3,(H2,21,22,23);1H. The van der Waals surface area contributed by atoms with E-state index in [0.717, 1.165) is 56.3 Å². The van der Waals surface area contributed by atoms with Crippen molar-refractivity contribution < 1.29 is 9.63 Å². The Bertz CT molecular complexity index is 543. The molecule has 1 aromatic rings. The average Bonchev–Trinajstić information content (AvgIpc) is 2.96. The minimum absolute atomic E-state index is 0. The van der Waals surface area contributed by atoms with Gasteiger partial charge in [-0.05, 0) is 58.3 Å². The van der Waals surface area contributed by atoms with Crippen LogP contribution in [-0.2, 0) is 6.42 Å². The van der Waals surface area contributed by atoms with E-state index in [1.54, 1.807) is 0 Å². The third-order valence-corrected chi connectivity index (χ3v) is 5.55. The highest BCUT2D eigenvalue weighted by atomic mass is 127. The van der Waals surface area contributed by atoms with Gasteiger partial charge in [0.15, 0.2) is 5.96 Å². The van der Waals surface area contributed by atoms with E-state index in [4.69, 9.17) is 9.52 Å². The highest BCUT2D eigenvalue weighted by Crippen LogP contribution is 2.39. The zero-order chi connectivity index (χ0) is 18.8. The molecule has 0 bridgehead atoms. The maximum atomic E-state index is 9.47. The molecule has 3 N–H and O–H groups in total. The van der Waals surface area contributed by atoms with Crippen LogP contribution in [0.4, 0.5) is 0 Å². The Labute approximate surface area is 181 Å². The summed E-state index contributed by atoms with van der Waals surface area (Å²) in [5.74, 6) is 1.81. The first-order valence-electron chi connectivity index (χ1n) is 10.1. The highest BCUT2D eigenvalue weighted by Gasteiger charge is 2.31. The zero-order valence-corrected chi connectivity index (χ0v) is 19.5. The summed E-state index contributed by atoms with van der Waals surface area (Å²) in [5.41, 5.74) is 2.40. The lowest BCUT2D eigenvalue weighted by atomic mass is 9.72. The van der Waals surface area contributed by atoms with Crippen LogP contribution in [0.3, 0.4) is 0 Å². The van der Waals surface area contributed by atoms with Gasteiger partial charge in [-0.2, -0.15) is 0 Å². The maximum absolute atomic E-state index is 9.47. The van der Waals surface area contributed by atoms with E-state index in [2.05, 4.69) is 22.7 Å². The Kier molecular flexibility index (Phi) is 11.3. The molecule has 0 spiro atoms. The van der Waals surface area contributed by atoms with Gasteiger partial charge in [-0.25, -0.2) is 0 Å². The van der Waals surface area contributed by atoms with Crippen LogP contribution in [0.2, 0.25) is 0 Å². The molecule has 1 aliphatic rings. The van der Waals surface area contributed by atoms with Gasteiger partial charge in [-0.15, -0.1) is 24.0 Å². The van der Waals surface area contributed by atoms with E-state index in [-0.39, 0.29) is 36.0 Å². The van der Waals surface area contributed by atoms with Crippen LogP contribution >= 0.6 is 24.0 Å². The molecule has 1 aromatic heterocycles. The molecule has 0 amide bonds.